The number of nitrogens with zero attached hydrogens (tertiary/aromatic N) is 1. The van der Waals surface area contributed by atoms with Gasteiger partial charge in [0.05, 0.1) is 23.0 Å². The van der Waals surface area contributed by atoms with E-state index in [1.54, 1.807) is 24.3 Å². The SMILES string of the molecule is Cc1ccsc1C(=O)NCc1ccc(S(=O)(=O)N2CCOCC2)cc1. The molecule has 1 aromatic carbocycles. The predicted molar refractivity (Wildman–Crippen MR) is 96.2 cm³/mol. The summed E-state index contributed by atoms with van der Waals surface area (Å²) in [5.74, 6) is -0.113. The van der Waals surface area contributed by atoms with Gasteiger partial charge in [-0.2, -0.15) is 4.31 Å². The van der Waals surface area contributed by atoms with Gasteiger partial charge in [-0.25, -0.2) is 8.42 Å². The number of rotatable bonds is 5. The second-order valence-corrected chi connectivity index (χ2v) is 8.63. The fraction of sp³-hybridized carbons (Fsp3) is 0.353. The lowest BCUT2D eigenvalue weighted by atomic mass is 10.2. The zero-order chi connectivity index (χ0) is 17.9. The van der Waals surface area contributed by atoms with Crippen LogP contribution in [0, 0.1) is 6.92 Å². The molecule has 0 unspecified atom stereocenters. The van der Waals surface area contributed by atoms with E-state index in [-0.39, 0.29) is 10.8 Å². The van der Waals surface area contributed by atoms with Gasteiger partial charge < -0.3 is 10.1 Å². The fourth-order valence-electron chi connectivity index (χ4n) is 2.58. The summed E-state index contributed by atoms with van der Waals surface area (Å²) in [5, 5.41) is 4.74. The standard InChI is InChI=1S/C17H20N2O4S2/c1-13-6-11-24-16(13)17(20)18-12-14-2-4-15(5-3-14)25(21,22)19-7-9-23-10-8-19/h2-6,11H,7-10,12H2,1H3,(H,18,20). The molecule has 0 aliphatic carbocycles. The summed E-state index contributed by atoms with van der Waals surface area (Å²) >= 11 is 1.41. The number of hydrogen-bond acceptors (Lipinski definition) is 5. The molecular weight excluding hydrogens is 360 g/mol. The van der Waals surface area contributed by atoms with Gasteiger partial charge in [-0.15, -0.1) is 11.3 Å². The number of ether oxygens (including phenoxy) is 1. The number of aryl methyl sites for hydroxylation is 1. The van der Waals surface area contributed by atoms with Gasteiger partial charge in [0, 0.05) is 19.6 Å². The van der Waals surface area contributed by atoms with Crippen molar-refractivity contribution in [2.45, 2.75) is 18.4 Å². The minimum absolute atomic E-state index is 0.113. The molecule has 8 heteroatoms. The van der Waals surface area contributed by atoms with Gasteiger partial charge in [0.1, 0.15) is 0 Å². The summed E-state index contributed by atoms with van der Waals surface area (Å²) in [6.07, 6.45) is 0. The van der Waals surface area contributed by atoms with Crippen molar-refractivity contribution in [3.63, 3.8) is 0 Å². The quantitative estimate of drug-likeness (QED) is 0.861. The first-order valence-electron chi connectivity index (χ1n) is 7.97. The van der Waals surface area contributed by atoms with E-state index in [1.807, 2.05) is 18.4 Å². The van der Waals surface area contributed by atoms with Crippen LogP contribution in [0.15, 0.2) is 40.6 Å². The lowest BCUT2D eigenvalue weighted by Gasteiger charge is -2.26. The van der Waals surface area contributed by atoms with Crippen molar-refractivity contribution in [2.75, 3.05) is 26.3 Å². The molecule has 6 nitrogen and oxygen atoms in total. The first-order valence-corrected chi connectivity index (χ1v) is 10.3. The fourth-order valence-corrected chi connectivity index (χ4v) is 4.83. The van der Waals surface area contributed by atoms with Crippen LogP contribution >= 0.6 is 11.3 Å². The molecule has 2 aromatic rings. The largest absolute Gasteiger partial charge is 0.379 e. The van der Waals surface area contributed by atoms with Crippen molar-refractivity contribution in [3.05, 3.63) is 51.7 Å². The Morgan fingerprint density at radius 1 is 1.20 bits per heavy atom. The highest BCUT2D eigenvalue weighted by Crippen LogP contribution is 2.18. The lowest BCUT2D eigenvalue weighted by molar-refractivity contribution is 0.0730. The van der Waals surface area contributed by atoms with Crippen LogP contribution in [0.4, 0.5) is 0 Å². The van der Waals surface area contributed by atoms with Crippen molar-refractivity contribution in [3.8, 4) is 0 Å². The Hall–Kier alpha value is -1.74. The maximum absolute atomic E-state index is 12.6. The predicted octanol–water partition coefficient (Wildman–Crippen LogP) is 2.01. The van der Waals surface area contributed by atoms with Crippen LogP contribution in [-0.4, -0.2) is 44.9 Å². The highest BCUT2D eigenvalue weighted by atomic mass is 32.2. The van der Waals surface area contributed by atoms with Crippen LogP contribution < -0.4 is 5.32 Å². The number of carbonyl (C=O) groups excluding carboxylic acids is 1. The Bertz CT molecular complexity index is 838. The van der Waals surface area contributed by atoms with E-state index in [0.29, 0.717) is 37.7 Å². The number of amides is 1. The van der Waals surface area contributed by atoms with Gasteiger partial charge in [0.25, 0.3) is 5.91 Å². The number of thiophene rings is 1. The second-order valence-electron chi connectivity index (χ2n) is 5.78. The van der Waals surface area contributed by atoms with Crippen molar-refractivity contribution < 1.29 is 17.9 Å². The first kappa shape index (κ1) is 18.1. The van der Waals surface area contributed by atoms with Gasteiger partial charge in [0.15, 0.2) is 0 Å². The van der Waals surface area contributed by atoms with E-state index in [1.165, 1.54) is 15.6 Å². The Balaban J connectivity index is 1.64. The molecule has 0 saturated carbocycles. The molecule has 1 saturated heterocycles. The maximum Gasteiger partial charge on any atom is 0.261 e. The molecule has 0 spiro atoms. The highest BCUT2D eigenvalue weighted by Gasteiger charge is 2.26. The second kappa shape index (κ2) is 7.65. The van der Waals surface area contributed by atoms with Crippen LogP contribution in [-0.2, 0) is 21.3 Å². The lowest BCUT2D eigenvalue weighted by Crippen LogP contribution is -2.40. The van der Waals surface area contributed by atoms with Crippen LogP contribution in [0.5, 0.6) is 0 Å². The number of morpholine rings is 1. The van der Waals surface area contributed by atoms with Crippen molar-refractivity contribution in [1.82, 2.24) is 9.62 Å². The molecule has 1 N–H and O–H groups in total. The van der Waals surface area contributed by atoms with Gasteiger partial charge in [0.2, 0.25) is 10.0 Å². The average molecular weight is 380 g/mol. The Morgan fingerprint density at radius 2 is 1.88 bits per heavy atom. The Labute approximate surface area is 151 Å². The third kappa shape index (κ3) is 4.09. The van der Waals surface area contributed by atoms with E-state index >= 15 is 0 Å². The van der Waals surface area contributed by atoms with Gasteiger partial charge in [-0.1, -0.05) is 12.1 Å². The zero-order valence-electron chi connectivity index (χ0n) is 13.9. The zero-order valence-corrected chi connectivity index (χ0v) is 15.5. The molecule has 0 radical (unpaired) electrons. The average Bonchev–Trinajstić information content (AvgIpc) is 3.07. The number of carbonyl (C=O) groups is 1. The van der Waals surface area contributed by atoms with Crippen molar-refractivity contribution in [2.24, 2.45) is 0 Å². The Kier molecular flexibility index (Phi) is 5.53. The molecule has 1 aliphatic heterocycles. The van der Waals surface area contributed by atoms with E-state index in [0.717, 1.165) is 11.1 Å². The third-order valence-corrected chi connectivity index (χ3v) is 6.98. The number of hydrogen-bond donors (Lipinski definition) is 1. The van der Waals surface area contributed by atoms with E-state index in [4.69, 9.17) is 4.74 Å². The monoisotopic (exact) mass is 380 g/mol. The topological polar surface area (TPSA) is 75.7 Å². The normalized spacial score (nSPS) is 15.9. The van der Waals surface area contributed by atoms with Crippen molar-refractivity contribution >= 4 is 27.3 Å². The molecule has 3 rings (SSSR count). The number of nitrogens with one attached hydrogen (secondary N) is 1. The minimum Gasteiger partial charge on any atom is -0.379 e. The molecule has 0 bridgehead atoms. The first-order chi connectivity index (χ1) is 12.0. The molecule has 25 heavy (non-hydrogen) atoms. The molecule has 2 heterocycles. The summed E-state index contributed by atoms with van der Waals surface area (Å²) in [6, 6.07) is 8.54. The number of sulfonamides is 1. The van der Waals surface area contributed by atoms with Crippen LogP contribution in [0.3, 0.4) is 0 Å². The van der Waals surface area contributed by atoms with E-state index in [2.05, 4.69) is 5.32 Å². The molecule has 1 aliphatic rings. The summed E-state index contributed by atoms with van der Waals surface area (Å²) in [5.41, 5.74) is 1.80. The van der Waals surface area contributed by atoms with Gasteiger partial charge in [-0.05, 0) is 41.6 Å². The van der Waals surface area contributed by atoms with E-state index in [9.17, 15) is 13.2 Å². The molecule has 1 amide bonds. The molecule has 1 fully saturated rings. The molecular formula is C17H20N2O4S2. The van der Waals surface area contributed by atoms with Crippen LogP contribution in [0.25, 0.3) is 0 Å². The third-order valence-electron chi connectivity index (χ3n) is 4.05. The van der Waals surface area contributed by atoms with Gasteiger partial charge >= 0.3 is 0 Å². The smallest absolute Gasteiger partial charge is 0.261 e. The van der Waals surface area contributed by atoms with Crippen LogP contribution in [0.2, 0.25) is 0 Å². The summed E-state index contributed by atoms with van der Waals surface area (Å²) in [6.45, 7) is 3.85. The number of benzene rings is 1. The molecule has 1 aromatic heterocycles. The van der Waals surface area contributed by atoms with Crippen LogP contribution in [0.1, 0.15) is 20.8 Å². The van der Waals surface area contributed by atoms with Crippen molar-refractivity contribution in [1.29, 1.82) is 0 Å². The molecule has 0 atom stereocenters. The highest BCUT2D eigenvalue weighted by molar-refractivity contribution is 7.89. The summed E-state index contributed by atoms with van der Waals surface area (Å²) in [4.78, 5) is 13.1. The Morgan fingerprint density at radius 3 is 2.48 bits per heavy atom. The van der Waals surface area contributed by atoms with Gasteiger partial charge in [-0.3, -0.25) is 4.79 Å². The van der Waals surface area contributed by atoms with E-state index < -0.39 is 10.0 Å². The summed E-state index contributed by atoms with van der Waals surface area (Å²) in [7, 11) is -3.48. The minimum atomic E-state index is -3.48. The summed E-state index contributed by atoms with van der Waals surface area (Å²) < 4.78 is 31.8. The maximum atomic E-state index is 12.6. The molecule has 134 valence electrons.